The largest absolute Gasteiger partial charge is 0.501 e. The van der Waals surface area contributed by atoms with Crippen LogP contribution in [0.5, 0.6) is 0 Å². The molecule has 0 saturated heterocycles. The molecular formula is C19H30O3Si. The third-order valence-electron chi connectivity index (χ3n) is 4.33. The molecule has 3 nitrogen and oxygen atoms in total. The Bertz CT molecular complexity index is 470. The van der Waals surface area contributed by atoms with Crippen LogP contribution in [0.4, 0.5) is 0 Å². The van der Waals surface area contributed by atoms with E-state index in [2.05, 4.69) is 36.4 Å². The van der Waals surface area contributed by atoms with Crippen LogP contribution in [0.15, 0.2) is 42.0 Å². The third-order valence-corrected chi connectivity index (χ3v) is 7.37. The molecule has 0 spiro atoms. The topological polar surface area (TPSA) is 27.7 Å². The summed E-state index contributed by atoms with van der Waals surface area (Å²) in [5.74, 6) is 0.675. The van der Waals surface area contributed by atoms with Gasteiger partial charge in [-0.25, -0.2) is 0 Å². The fraction of sp³-hybridized carbons (Fsp3) is 0.579. The van der Waals surface area contributed by atoms with Crippen LogP contribution in [-0.4, -0.2) is 28.6 Å². The van der Waals surface area contributed by atoms with E-state index in [1.807, 2.05) is 20.8 Å². The van der Waals surface area contributed by atoms with Gasteiger partial charge < -0.3 is 13.3 Å². The first kappa shape index (κ1) is 18.4. The molecule has 128 valence electrons. The van der Waals surface area contributed by atoms with Gasteiger partial charge in [-0.1, -0.05) is 42.0 Å². The molecule has 2 rings (SSSR count). The van der Waals surface area contributed by atoms with Crippen molar-refractivity contribution in [3.63, 3.8) is 0 Å². The maximum atomic E-state index is 5.95. The van der Waals surface area contributed by atoms with Crippen LogP contribution < -0.4 is 0 Å². The second kappa shape index (κ2) is 9.38. The molecule has 0 amide bonds. The summed E-state index contributed by atoms with van der Waals surface area (Å²) in [6.07, 6.45) is 5.73. The van der Waals surface area contributed by atoms with Crippen molar-refractivity contribution in [2.24, 2.45) is 5.92 Å². The Labute approximate surface area is 142 Å². The summed E-state index contributed by atoms with van der Waals surface area (Å²) >= 11 is 0. The highest BCUT2D eigenvalue weighted by molar-refractivity contribution is 6.60. The Morgan fingerprint density at radius 3 is 2.04 bits per heavy atom. The van der Waals surface area contributed by atoms with Crippen LogP contribution in [-0.2, 0) is 19.7 Å². The molecule has 1 unspecified atom stereocenters. The Hall–Kier alpha value is -0.943. The molecule has 0 bridgehead atoms. The highest BCUT2D eigenvalue weighted by Crippen LogP contribution is 2.35. The van der Waals surface area contributed by atoms with Crippen LogP contribution in [0.1, 0.15) is 39.2 Å². The van der Waals surface area contributed by atoms with Gasteiger partial charge in [0.1, 0.15) is 0 Å². The van der Waals surface area contributed by atoms with E-state index in [0.717, 1.165) is 18.9 Å². The van der Waals surface area contributed by atoms with Crippen molar-refractivity contribution in [2.75, 3.05) is 19.8 Å². The van der Waals surface area contributed by atoms with Crippen molar-refractivity contribution >= 4 is 8.80 Å². The lowest BCUT2D eigenvalue weighted by atomic mass is 9.79. The van der Waals surface area contributed by atoms with Gasteiger partial charge in [0.25, 0.3) is 0 Å². The highest BCUT2D eigenvalue weighted by Gasteiger charge is 2.40. The second-order valence-corrected chi connectivity index (χ2v) is 8.62. The SMILES string of the molecule is CCO[Si](CCC1=CCC1Cc1ccccc1)(OCC)OCC. The van der Waals surface area contributed by atoms with Gasteiger partial charge in [0, 0.05) is 25.9 Å². The smallest absolute Gasteiger partial charge is 0.374 e. The average Bonchev–Trinajstić information content (AvgIpc) is 2.53. The third kappa shape index (κ3) is 5.28. The molecule has 0 fully saturated rings. The minimum atomic E-state index is -2.50. The normalized spacial score (nSPS) is 17.7. The molecule has 1 aromatic rings. The van der Waals surface area contributed by atoms with Gasteiger partial charge in [-0.3, -0.25) is 0 Å². The minimum absolute atomic E-state index is 0.652. The first-order valence-corrected chi connectivity index (χ1v) is 10.8. The van der Waals surface area contributed by atoms with E-state index in [1.54, 1.807) is 5.57 Å². The van der Waals surface area contributed by atoms with Crippen molar-refractivity contribution in [3.05, 3.63) is 47.5 Å². The molecule has 1 atom stereocenters. The lowest BCUT2D eigenvalue weighted by Gasteiger charge is -2.32. The van der Waals surface area contributed by atoms with Gasteiger partial charge in [0.15, 0.2) is 0 Å². The van der Waals surface area contributed by atoms with Gasteiger partial charge >= 0.3 is 8.80 Å². The van der Waals surface area contributed by atoms with E-state index < -0.39 is 8.80 Å². The van der Waals surface area contributed by atoms with E-state index >= 15 is 0 Å². The lowest BCUT2D eigenvalue weighted by molar-refractivity contribution is 0.0711. The first-order valence-electron chi connectivity index (χ1n) is 8.87. The van der Waals surface area contributed by atoms with Crippen LogP contribution in [0.2, 0.25) is 6.04 Å². The Kier molecular flexibility index (Phi) is 7.50. The standard InChI is InChI=1S/C19H30O3Si/c1-4-20-23(21-5-2,22-6-3)15-14-18-12-13-19(18)16-17-10-8-7-9-11-17/h7-12,19H,4-6,13-16H2,1-3H3. The van der Waals surface area contributed by atoms with Gasteiger partial charge in [-0.15, -0.1) is 0 Å². The number of rotatable bonds is 11. The quantitative estimate of drug-likeness (QED) is 0.437. The Balaban J connectivity index is 1.90. The number of hydrogen-bond acceptors (Lipinski definition) is 3. The average molecular weight is 335 g/mol. The van der Waals surface area contributed by atoms with Crippen molar-refractivity contribution in [1.29, 1.82) is 0 Å². The van der Waals surface area contributed by atoms with E-state index in [9.17, 15) is 0 Å². The van der Waals surface area contributed by atoms with Crippen LogP contribution >= 0.6 is 0 Å². The van der Waals surface area contributed by atoms with Gasteiger partial charge in [0.2, 0.25) is 0 Å². The summed E-state index contributed by atoms with van der Waals surface area (Å²) in [6.45, 7) is 8.00. The van der Waals surface area contributed by atoms with Crippen molar-refractivity contribution in [1.82, 2.24) is 0 Å². The zero-order chi connectivity index (χ0) is 16.5. The monoisotopic (exact) mass is 334 g/mol. The molecule has 1 aliphatic carbocycles. The van der Waals surface area contributed by atoms with E-state index in [1.165, 1.54) is 12.0 Å². The summed E-state index contributed by atoms with van der Waals surface area (Å²) in [6, 6.07) is 11.6. The molecule has 0 aromatic heterocycles. The van der Waals surface area contributed by atoms with Crippen LogP contribution in [0.3, 0.4) is 0 Å². The number of benzene rings is 1. The number of allylic oxidation sites excluding steroid dienone is 2. The van der Waals surface area contributed by atoms with Gasteiger partial charge in [-0.05, 0) is 51.5 Å². The fourth-order valence-electron chi connectivity index (χ4n) is 3.17. The van der Waals surface area contributed by atoms with E-state index in [0.29, 0.717) is 25.7 Å². The summed E-state index contributed by atoms with van der Waals surface area (Å²) in [4.78, 5) is 0. The molecule has 4 heteroatoms. The van der Waals surface area contributed by atoms with Gasteiger partial charge in [0.05, 0.1) is 0 Å². The molecule has 0 radical (unpaired) electrons. The summed E-state index contributed by atoms with van der Waals surface area (Å²) in [5.41, 5.74) is 2.97. The predicted molar refractivity (Wildman–Crippen MR) is 96.4 cm³/mol. The molecule has 0 saturated carbocycles. The molecular weight excluding hydrogens is 304 g/mol. The molecule has 1 aromatic carbocycles. The fourth-order valence-corrected chi connectivity index (χ4v) is 5.77. The molecule has 0 N–H and O–H groups in total. The van der Waals surface area contributed by atoms with E-state index in [4.69, 9.17) is 13.3 Å². The minimum Gasteiger partial charge on any atom is -0.374 e. The summed E-state index contributed by atoms with van der Waals surface area (Å²) in [7, 11) is -2.50. The number of hydrogen-bond donors (Lipinski definition) is 0. The zero-order valence-corrected chi connectivity index (χ0v) is 15.7. The molecule has 1 aliphatic rings. The summed E-state index contributed by atoms with van der Waals surface area (Å²) in [5, 5.41) is 0. The highest BCUT2D eigenvalue weighted by atomic mass is 28.4. The maximum absolute atomic E-state index is 5.95. The van der Waals surface area contributed by atoms with E-state index in [-0.39, 0.29) is 0 Å². The predicted octanol–water partition coefficient (Wildman–Crippen LogP) is 4.61. The first-order chi connectivity index (χ1) is 11.2. The molecule has 0 aliphatic heterocycles. The molecule has 23 heavy (non-hydrogen) atoms. The second-order valence-electron chi connectivity index (χ2n) is 5.88. The Morgan fingerprint density at radius 1 is 0.957 bits per heavy atom. The lowest BCUT2D eigenvalue weighted by Crippen LogP contribution is -2.46. The zero-order valence-electron chi connectivity index (χ0n) is 14.7. The summed E-state index contributed by atoms with van der Waals surface area (Å²) < 4.78 is 17.9. The molecule has 0 heterocycles. The van der Waals surface area contributed by atoms with Crippen molar-refractivity contribution < 1.29 is 13.3 Å². The van der Waals surface area contributed by atoms with Gasteiger partial charge in [-0.2, -0.15) is 0 Å². The van der Waals surface area contributed by atoms with Crippen LogP contribution in [0, 0.1) is 5.92 Å². The van der Waals surface area contributed by atoms with Crippen molar-refractivity contribution in [2.45, 2.75) is 46.1 Å². The Morgan fingerprint density at radius 2 is 1.57 bits per heavy atom. The van der Waals surface area contributed by atoms with Crippen LogP contribution in [0.25, 0.3) is 0 Å². The van der Waals surface area contributed by atoms with Crippen molar-refractivity contribution in [3.8, 4) is 0 Å². The maximum Gasteiger partial charge on any atom is 0.501 e.